The van der Waals surface area contributed by atoms with Gasteiger partial charge in [-0.3, -0.25) is 0 Å². The minimum absolute atomic E-state index is 0.715. The molecule has 0 rings (SSSR count). The van der Waals surface area contributed by atoms with Crippen molar-refractivity contribution in [1.29, 1.82) is 0 Å². The molecular formula is C16H30BN. The molecule has 0 aliphatic rings. The van der Waals surface area contributed by atoms with E-state index < -0.39 is 0 Å². The number of hydrogen-bond donors (Lipinski definition) is 0. The average Bonchev–Trinajstić information content (AvgIpc) is 2.31. The molecule has 0 unspecified atom stereocenters. The Morgan fingerprint density at radius 1 is 1.11 bits per heavy atom. The number of allylic oxidation sites excluding steroid dienone is 3. The normalized spacial score (nSPS) is 13.4. The Bertz CT molecular complexity index is 254. The summed E-state index contributed by atoms with van der Waals surface area (Å²) in [5, 5.41) is 0. The highest BCUT2D eigenvalue weighted by atomic mass is 15.0. The van der Waals surface area contributed by atoms with E-state index in [-0.39, 0.29) is 0 Å². The summed E-state index contributed by atoms with van der Waals surface area (Å²) >= 11 is 0. The van der Waals surface area contributed by atoms with E-state index in [9.17, 15) is 0 Å². The van der Waals surface area contributed by atoms with Crippen molar-refractivity contribution in [2.24, 2.45) is 0 Å². The predicted molar refractivity (Wildman–Crippen MR) is 84.3 cm³/mol. The molecule has 0 heterocycles. The molecule has 0 bridgehead atoms. The maximum Gasteiger partial charge on any atom is 0.0712 e. The van der Waals surface area contributed by atoms with E-state index in [0.717, 1.165) is 19.4 Å². The molecule has 0 saturated carbocycles. The summed E-state index contributed by atoms with van der Waals surface area (Å²) in [6.45, 7) is 5.50. The van der Waals surface area contributed by atoms with Gasteiger partial charge in [-0.15, -0.1) is 0 Å². The molecule has 2 radical (unpaired) electrons. The fourth-order valence-electron chi connectivity index (χ4n) is 2.06. The third-order valence-corrected chi connectivity index (χ3v) is 3.03. The van der Waals surface area contributed by atoms with E-state index >= 15 is 0 Å². The lowest BCUT2D eigenvalue weighted by Crippen LogP contribution is -2.13. The standard InChI is InChI=1S/C16H30BN/c1-5-6-7-8-11-16(13-17)12-9-10-15(2)14-18(3)4/h10-11H,5-9,12-14H2,1-4H3/b15-10+,16-11+. The molecule has 102 valence electrons. The van der Waals surface area contributed by atoms with E-state index in [1.54, 1.807) is 0 Å². The molecule has 0 atom stereocenters. The van der Waals surface area contributed by atoms with Gasteiger partial charge in [-0.2, -0.15) is 0 Å². The van der Waals surface area contributed by atoms with E-state index in [1.165, 1.54) is 36.8 Å². The predicted octanol–water partition coefficient (Wildman–Crippen LogP) is 4.37. The summed E-state index contributed by atoms with van der Waals surface area (Å²) < 4.78 is 0. The quantitative estimate of drug-likeness (QED) is 0.315. The van der Waals surface area contributed by atoms with Crippen LogP contribution in [-0.4, -0.2) is 33.4 Å². The van der Waals surface area contributed by atoms with Crippen LogP contribution in [-0.2, 0) is 0 Å². The van der Waals surface area contributed by atoms with Crippen molar-refractivity contribution in [2.45, 2.75) is 58.7 Å². The maximum absolute atomic E-state index is 5.79. The molecule has 0 aromatic heterocycles. The smallest absolute Gasteiger partial charge is 0.0712 e. The summed E-state index contributed by atoms with van der Waals surface area (Å²) in [7, 11) is 10.0. The molecule has 2 heteroatoms. The monoisotopic (exact) mass is 247 g/mol. The highest BCUT2D eigenvalue weighted by molar-refractivity contribution is 6.10. The van der Waals surface area contributed by atoms with Gasteiger partial charge >= 0.3 is 0 Å². The van der Waals surface area contributed by atoms with Crippen LogP contribution in [0, 0.1) is 0 Å². The fourth-order valence-corrected chi connectivity index (χ4v) is 2.06. The topological polar surface area (TPSA) is 3.24 Å². The second-order valence-corrected chi connectivity index (χ2v) is 5.39. The van der Waals surface area contributed by atoms with Gasteiger partial charge < -0.3 is 4.90 Å². The van der Waals surface area contributed by atoms with Gasteiger partial charge in [-0.1, -0.05) is 49.4 Å². The van der Waals surface area contributed by atoms with Crippen molar-refractivity contribution in [3.05, 3.63) is 23.3 Å². The first-order chi connectivity index (χ1) is 8.60. The van der Waals surface area contributed by atoms with E-state index in [1.807, 2.05) is 0 Å². The molecule has 1 nitrogen and oxygen atoms in total. The lowest BCUT2D eigenvalue weighted by molar-refractivity contribution is 0.444. The first kappa shape index (κ1) is 17.5. The van der Waals surface area contributed by atoms with Crippen LogP contribution < -0.4 is 0 Å². The minimum Gasteiger partial charge on any atom is -0.305 e. The number of unbranched alkanes of at least 4 members (excludes halogenated alkanes) is 3. The van der Waals surface area contributed by atoms with Crippen LogP contribution in [0.4, 0.5) is 0 Å². The Hall–Kier alpha value is -0.495. The van der Waals surface area contributed by atoms with Crippen LogP contribution in [0.2, 0.25) is 6.32 Å². The molecular weight excluding hydrogens is 217 g/mol. The summed E-state index contributed by atoms with van der Waals surface area (Å²) in [6, 6.07) is 0. The van der Waals surface area contributed by atoms with Crippen molar-refractivity contribution in [3.63, 3.8) is 0 Å². The Balaban J connectivity index is 3.92. The van der Waals surface area contributed by atoms with Gasteiger partial charge in [-0.25, -0.2) is 0 Å². The fraction of sp³-hybridized carbons (Fsp3) is 0.750. The van der Waals surface area contributed by atoms with Crippen LogP contribution in [0.3, 0.4) is 0 Å². The van der Waals surface area contributed by atoms with E-state index in [2.05, 4.69) is 45.0 Å². The molecule has 0 amide bonds. The lowest BCUT2D eigenvalue weighted by Gasteiger charge is -2.10. The molecule has 0 aliphatic heterocycles. The number of likely N-dealkylation sites (N-methyl/N-ethyl adjacent to an activating group) is 1. The van der Waals surface area contributed by atoms with Gasteiger partial charge in [0.15, 0.2) is 0 Å². The zero-order valence-electron chi connectivity index (χ0n) is 12.8. The van der Waals surface area contributed by atoms with Gasteiger partial charge in [0.05, 0.1) is 7.85 Å². The van der Waals surface area contributed by atoms with Gasteiger partial charge in [0.2, 0.25) is 0 Å². The summed E-state index contributed by atoms with van der Waals surface area (Å²) in [4.78, 5) is 2.20. The van der Waals surface area contributed by atoms with E-state index in [0.29, 0.717) is 6.32 Å². The highest BCUT2D eigenvalue weighted by Gasteiger charge is 1.95. The molecule has 0 spiro atoms. The third kappa shape index (κ3) is 10.6. The van der Waals surface area contributed by atoms with Crippen molar-refractivity contribution in [1.82, 2.24) is 4.90 Å². The third-order valence-electron chi connectivity index (χ3n) is 3.03. The van der Waals surface area contributed by atoms with Crippen LogP contribution in [0.1, 0.15) is 52.4 Å². The summed E-state index contributed by atoms with van der Waals surface area (Å²) in [5.74, 6) is 0. The molecule has 0 aromatic carbocycles. The molecule has 18 heavy (non-hydrogen) atoms. The van der Waals surface area contributed by atoms with Crippen LogP contribution in [0.15, 0.2) is 23.3 Å². The van der Waals surface area contributed by atoms with Crippen LogP contribution in [0.25, 0.3) is 0 Å². The molecule has 0 N–H and O–H groups in total. The van der Waals surface area contributed by atoms with Crippen molar-refractivity contribution in [2.75, 3.05) is 20.6 Å². The molecule has 0 saturated heterocycles. The highest BCUT2D eigenvalue weighted by Crippen LogP contribution is 2.13. The van der Waals surface area contributed by atoms with Crippen molar-refractivity contribution in [3.8, 4) is 0 Å². The lowest BCUT2D eigenvalue weighted by atomic mass is 9.92. The second-order valence-electron chi connectivity index (χ2n) is 5.39. The second kappa shape index (κ2) is 11.6. The Labute approximate surface area is 116 Å². The zero-order chi connectivity index (χ0) is 13.8. The first-order valence-electron chi connectivity index (χ1n) is 7.28. The summed E-state index contributed by atoms with van der Waals surface area (Å²) in [6.07, 6.45) is 12.8. The van der Waals surface area contributed by atoms with Gasteiger partial charge in [-0.05, 0) is 46.7 Å². The zero-order valence-corrected chi connectivity index (χ0v) is 12.8. The number of rotatable bonds is 10. The SMILES string of the molecule is [B]C/C(=C/CCCCC)CC/C=C(\C)CN(C)C. The number of nitrogens with zero attached hydrogens (tertiary/aromatic N) is 1. The Kier molecular flexibility index (Phi) is 11.3. The van der Waals surface area contributed by atoms with Crippen LogP contribution in [0.5, 0.6) is 0 Å². The average molecular weight is 247 g/mol. The minimum atomic E-state index is 0.715. The first-order valence-corrected chi connectivity index (χ1v) is 7.28. The molecule has 0 fully saturated rings. The van der Waals surface area contributed by atoms with Gasteiger partial charge in [0, 0.05) is 6.54 Å². The van der Waals surface area contributed by atoms with Gasteiger partial charge in [0.1, 0.15) is 0 Å². The Morgan fingerprint density at radius 2 is 1.83 bits per heavy atom. The van der Waals surface area contributed by atoms with Crippen molar-refractivity contribution < 1.29 is 0 Å². The van der Waals surface area contributed by atoms with Crippen LogP contribution >= 0.6 is 0 Å². The largest absolute Gasteiger partial charge is 0.305 e. The maximum atomic E-state index is 5.79. The van der Waals surface area contributed by atoms with Gasteiger partial charge in [0.25, 0.3) is 0 Å². The summed E-state index contributed by atoms with van der Waals surface area (Å²) in [5.41, 5.74) is 2.86. The Morgan fingerprint density at radius 3 is 2.39 bits per heavy atom. The number of hydrogen-bond acceptors (Lipinski definition) is 1. The molecule has 0 aliphatic carbocycles. The van der Waals surface area contributed by atoms with E-state index in [4.69, 9.17) is 7.85 Å². The van der Waals surface area contributed by atoms with Crippen molar-refractivity contribution >= 4 is 7.85 Å². The molecule has 0 aromatic rings.